The van der Waals surface area contributed by atoms with Crippen LogP contribution in [0.5, 0.6) is 0 Å². The summed E-state index contributed by atoms with van der Waals surface area (Å²) >= 11 is 0. The summed E-state index contributed by atoms with van der Waals surface area (Å²) in [6.45, 7) is 3.60. The second-order valence-corrected chi connectivity index (χ2v) is 9.55. The highest BCUT2D eigenvalue weighted by Gasteiger charge is 2.34. The van der Waals surface area contributed by atoms with Crippen molar-refractivity contribution in [2.45, 2.75) is 51.6 Å². The number of nitrogens with zero attached hydrogens (tertiary/aromatic N) is 3. The highest BCUT2D eigenvalue weighted by atomic mass is 16.2. The van der Waals surface area contributed by atoms with Crippen molar-refractivity contribution in [1.29, 1.82) is 0 Å². The lowest BCUT2D eigenvalue weighted by Gasteiger charge is -2.26. The molecule has 7 heteroatoms. The lowest BCUT2D eigenvalue weighted by molar-refractivity contribution is -0.132. The lowest BCUT2D eigenvalue weighted by Crippen LogP contribution is -2.49. The molecule has 2 aromatic rings. The van der Waals surface area contributed by atoms with Crippen molar-refractivity contribution < 1.29 is 14.4 Å². The average molecular weight is 479 g/mol. The topological polar surface area (TPSA) is 73.0 Å². The number of nitrogens with one attached hydrogen (secondary N) is 1. The van der Waals surface area contributed by atoms with Gasteiger partial charge in [0.15, 0.2) is 0 Å². The second kappa shape index (κ2) is 12.4. The summed E-state index contributed by atoms with van der Waals surface area (Å²) in [5.74, 6) is -0.0358. The number of rotatable bonds is 9. The molecule has 0 spiro atoms. The molecule has 1 aliphatic rings. The first kappa shape index (κ1) is 26.3. The number of likely N-dealkylation sites (N-methyl/N-ethyl adjacent to an activating group) is 1. The van der Waals surface area contributed by atoms with E-state index in [2.05, 4.69) is 29.6 Å². The molecule has 0 saturated carbocycles. The van der Waals surface area contributed by atoms with Crippen molar-refractivity contribution in [3.63, 3.8) is 0 Å². The van der Waals surface area contributed by atoms with Crippen molar-refractivity contribution in [2.75, 3.05) is 34.2 Å². The average Bonchev–Trinajstić information content (AvgIpc) is 3.35. The van der Waals surface area contributed by atoms with Gasteiger partial charge in [-0.25, -0.2) is 4.79 Å². The Morgan fingerprint density at radius 1 is 1.03 bits per heavy atom. The number of hydrogen-bond donors (Lipinski definition) is 1. The van der Waals surface area contributed by atoms with Crippen LogP contribution in [-0.2, 0) is 17.8 Å². The number of aryl methyl sites for hydroxylation is 2. The highest BCUT2D eigenvalue weighted by Crippen LogP contribution is 2.19. The minimum atomic E-state index is -0.394. The predicted octanol–water partition coefficient (Wildman–Crippen LogP) is 3.85. The van der Waals surface area contributed by atoms with Crippen LogP contribution in [0.25, 0.3) is 0 Å². The fourth-order valence-electron chi connectivity index (χ4n) is 4.51. The zero-order chi connectivity index (χ0) is 25.4. The van der Waals surface area contributed by atoms with Gasteiger partial charge >= 0.3 is 6.03 Å². The smallest absolute Gasteiger partial charge is 0.318 e. The molecule has 1 N–H and O–H groups in total. The van der Waals surface area contributed by atoms with E-state index in [1.165, 1.54) is 10.5 Å². The van der Waals surface area contributed by atoms with Crippen molar-refractivity contribution in [2.24, 2.45) is 0 Å². The minimum Gasteiger partial charge on any atom is -0.347 e. The molecular formula is C28H38N4O3. The fraction of sp³-hybridized carbons (Fsp3) is 0.464. The van der Waals surface area contributed by atoms with Crippen LogP contribution in [-0.4, -0.2) is 72.8 Å². The van der Waals surface area contributed by atoms with Crippen LogP contribution < -0.4 is 5.32 Å². The third-order valence-corrected chi connectivity index (χ3v) is 6.66. The van der Waals surface area contributed by atoms with Gasteiger partial charge in [0.2, 0.25) is 5.91 Å². The largest absolute Gasteiger partial charge is 0.347 e. The number of carbonyl (C=O) groups excluding carboxylic acids is 3. The van der Waals surface area contributed by atoms with Crippen LogP contribution in [0.2, 0.25) is 0 Å². The summed E-state index contributed by atoms with van der Waals surface area (Å²) in [6, 6.07) is 15.4. The molecule has 3 rings (SSSR count). The minimum absolute atomic E-state index is 0.00510. The Morgan fingerprint density at radius 3 is 2.46 bits per heavy atom. The Kier molecular flexibility index (Phi) is 9.29. The molecule has 0 aliphatic carbocycles. The third kappa shape index (κ3) is 7.07. The summed E-state index contributed by atoms with van der Waals surface area (Å²) in [7, 11) is 5.27. The molecule has 1 fully saturated rings. The molecular weight excluding hydrogens is 440 g/mol. The van der Waals surface area contributed by atoms with Gasteiger partial charge in [-0.3, -0.25) is 9.59 Å². The monoisotopic (exact) mass is 478 g/mol. The summed E-state index contributed by atoms with van der Waals surface area (Å²) in [5.41, 5.74) is 3.88. The van der Waals surface area contributed by atoms with E-state index in [0.717, 1.165) is 36.8 Å². The Balaban J connectivity index is 1.49. The fourth-order valence-corrected chi connectivity index (χ4v) is 4.51. The first-order valence-electron chi connectivity index (χ1n) is 12.4. The molecule has 2 aromatic carbocycles. The van der Waals surface area contributed by atoms with Crippen LogP contribution >= 0.6 is 0 Å². The number of benzene rings is 2. The lowest BCUT2D eigenvalue weighted by atomic mass is 10.0. The predicted molar refractivity (Wildman–Crippen MR) is 138 cm³/mol. The molecule has 0 bridgehead atoms. The van der Waals surface area contributed by atoms with Crippen molar-refractivity contribution in [3.8, 4) is 0 Å². The summed E-state index contributed by atoms with van der Waals surface area (Å²) in [6.07, 6.45) is 4.53. The summed E-state index contributed by atoms with van der Waals surface area (Å²) in [4.78, 5) is 42.9. The molecule has 1 saturated heterocycles. The Morgan fingerprint density at radius 2 is 1.77 bits per heavy atom. The molecule has 1 heterocycles. The maximum absolute atomic E-state index is 12.9. The van der Waals surface area contributed by atoms with Crippen LogP contribution in [0.3, 0.4) is 0 Å². The Hall–Kier alpha value is -3.35. The van der Waals surface area contributed by atoms with Crippen molar-refractivity contribution in [1.82, 2.24) is 20.0 Å². The van der Waals surface area contributed by atoms with Gasteiger partial charge in [0.25, 0.3) is 5.91 Å². The molecule has 188 valence electrons. The van der Waals surface area contributed by atoms with Gasteiger partial charge in [-0.15, -0.1) is 0 Å². The van der Waals surface area contributed by atoms with Crippen LogP contribution in [0, 0.1) is 6.92 Å². The van der Waals surface area contributed by atoms with E-state index in [9.17, 15) is 14.4 Å². The Labute approximate surface area is 209 Å². The third-order valence-electron chi connectivity index (χ3n) is 6.66. The van der Waals surface area contributed by atoms with Gasteiger partial charge in [-0.05, 0) is 67.9 Å². The van der Waals surface area contributed by atoms with Gasteiger partial charge in [0, 0.05) is 46.3 Å². The number of hydrogen-bond acceptors (Lipinski definition) is 3. The quantitative estimate of drug-likeness (QED) is 0.557. The number of urea groups is 1. The normalized spacial score (nSPS) is 15.1. The van der Waals surface area contributed by atoms with Gasteiger partial charge in [0.1, 0.15) is 6.04 Å². The number of likely N-dealkylation sites (tertiary alicyclic amines) is 1. The number of amides is 4. The zero-order valence-corrected chi connectivity index (χ0v) is 21.4. The maximum atomic E-state index is 12.9. The maximum Gasteiger partial charge on any atom is 0.318 e. The molecule has 7 nitrogen and oxygen atoms in total. The molecule has 0 aromatic heterocycles. The van der Waals surface area contributed by atoms with E-state index in [1.807, 2.05) is 38.2 Å². The van der Waals surface area contributed by atoms with E-state index in [-0.39, 0.29) is 17.8 Å². The zero-order valence-electron chi connectivity index (χ0n) is 21.4. The van der Waals surface area contributed by atoms with Crippen LogP contribution in [0.15, 0.2) is 48.5 Å². The van der Waals surface area contributed by atoms with E-state index in [1.54, 1.807) is 23.9 Å². The molecule has 1 aliphatic heterocycles. The molecule has 0 radical (unpaired) electrons. The standard InChI is InChI=1S/C28H38N4O3/c1-21-19-23(26(33)31(4)17-9-8-13-22-11-6-5-7-12-22)15-16-24(21)20-29-28(35)32-18-10-14-25(32)27(34)30(2)3/h5-7,11-12,15-16,19,25H,8-10,13-14,17-18,20H2,1-4H3,(H,29,35). The first-order valence-corrected chi connectivity index (χ1v) is 12.4. The van der Waals surface area contributed by atoms with Gasteiger partial charge in [0.05, 0.1) is 0 Å². The van der Waals surface area contributed by atoms with E-state index in [0.29, 0.717) is 31.6 Å². The van der Waals surface area contributed by atoms with Crippen molar-refractivity contribution in [3.05, 3.63) is 70.8 Å². The van der Waals surface area contributed by atoms with Gasteiger partial charge in [-0.1, -0.05) is 36.4 Å². The number of carbonyl (C=O) groups is 3. The first-order chi connectivity index (χ1) is 16.8. The molecule has 4 amide bonds. The van der Waals surface area contributed by atoms with Gasteiger partial charge < -0.3 is 20.0 Å². The summed E-state index contributed by atoms with van der Waals surface area (Å²) < 4.78 is 0. The van der Waals surface area contributed by atoms with Crippen LogP contribution in [0.4, 0.5) is 4.79 Å². The Bertz CT molecular complexity index is 1020. The van der Waals surface area contributed by atoms with Gasteiger partial charge in [-0.2, -0.15) is 0 Å². The van der Waals surface area contributed by atoms with E-state index >= 15 is 0 Å². The second-order valence-electron chi connectivity index (χ2n) is 9.55. The molecule has 35 heavy (non-hydrogen) atoms. The van der Waals surface area contributed by atoms with Crippen LogP contribution in [0.1, 0.15) is 52.7 Å². The number of unbranched alkanes of at least 4 members (excludes halogenated alkanes) is 1. The van der Waals surface area contributed by atoms with E-state index in [4.69, 9.17) is 0 Å². The molecule has 1 unspecified atom stereocenters. The van der Waals surface area contributed by atoms with Crippen molar-refractivity contribution >= 4 is 17.8 Å². The highest BCUT2D eigenvalue weighted by molar-refractivity contribution is 5.94. The molecule has 1 atom stereocenters. The summed E-state index contributed by atoms with van der Waals surface area (Å²) in [5, 5.41) is 2.95. The van der Waals surface area contributed by atoms with E-state index < -0.39 is 6.04 Å². The SMILES string of the molecule is Cc1cc(C(=O)N(C)CCCCc2ccccc2)ccc1CNC(=O)N1CCCC1C(=O)N(C)C.